The Bertz CT molecular complexity index is 251. The zero-order chi connectivity index (χ0) is 11.9. The summed E-state index contributed by atoms with van der Waals surface area (Å²) in [4.78, 5) is 1.99. The van der Waals surface area contributed by atoms with Crippen LogP contribution >= 0.6 is 0 Å². The van der Waals surface area contributed by atoms with Crippen molar-refractivity contribution in [3.63, 3.8) is 0 Å². The first-order valence-corrected chi connectivity index (χ1v) is 7.45. The highest BCUT2D eigenvalue weighted by Crippen LogP contribution is 2.01. The maximum Gasteiger partial charge on any atom is 0.148 e. The minimum absolute atomic E-state index is 0.208. The smallest absolute Gasteiger partial charge is 0.148 e. The second kappa shape index (κ2) is 7.19. The Morgan fingerprint density at radius 3 is 2.40 bits per heavy atom. The Morgan fingerprint density at radius 1 is 1.33 bits per heavy atom. The Labute approximate surface area is 93.2 Å². The topological polar surface area (TPSA) is 57.6 Å². The van der Waals surface area contributed by atoms with Crippen LogP contribution in [0.5, 0.6) is 0 Å². The van der Waals surface area contributed by atoms with E-state index in [1.165, 1.54) is 6.26 Å². The van der Waals surface area contributed by atoms with E-state index in [1.54, 1.807) is 0 Å². The van der Waals surface area contributed by atoms with E-state index in [0.717, 1.165) is 25.8 Å². The van der Waals surface area contributed by atoms with E-state index in [2.05, 4.69) is 0 Å². The summed E-state index contributed by atoms with van der Waals surface area (Å²) in [6.45, 7) is 3.37. The first-order chi connectivity index (χ1) is 6.85. The first-order valence-electron chi connectivity index (χ1n) is 5.39. The standard InChI is InChI=1S/C10H23NO3S/c1-4-10(12)6-5-7-11(2)8-9-15(3,13)14/h10,12H,4-9H2,1-3H3. The minimum atomic E-state index is -2.86. The van der Waals surface area contributed by atoms with E-state index in [1.807, 2.05) is 18.9 Å². The summed E-state index contributed by atoms with van der Waals surface area (Å²) in [5, 5.41) is 9.32. The number of rotatable bonds is 8. The van der Waals surface area contributed by atoms with Crippen molar-refractivity contribution in [3.8, 4) is 0 Å². The molecule has 0 heterocycles. The monoisotopic (exact) mass is 237 g/mol. The summed E-state index contributed by atoms with van der Waals surface area (Å²) in [6, 6.07) is 0. The summed E-state index contributed by atoms with van der Waals surface area (Å²) in [5.74, 6) is 0.208. The van der Waals surface area contributed by atoms with Crippen LogP contribution in [0.25, 0.3) is 0 Å². The molecule has 0 aliphatic carbocycles. The lowest BCUT2D eigenvalue weighted by Gasteiger charge is -2.16. The lowest BCUT2D eigenvalue weighted by molar-refractivity contribution is 0.152. The Hall–Kier alpha value is -0.130. The van der Waals surface area contributed by atoms with Gasteiger partial charge >= 0.3 is 0 Å². The van der Waals surface area contributed by atoms with Crippen LogP contribution in [-0.2, 0) is 9.84 Å². The van der Waals surface area contributed by atoms with Crippen molar-refractivity contribution in [2.45, 2.75) is 32.3 Å². The van der Waals surface area contributed by atoms with Gasteiger partial charge in [-0.1, -0.05) is 6.92 Å². The van der Waals surface area contributed by atoms with Crippen LogP contribution in [0.1, 0.15) is 26.2 Å². The maximum atomic E-state index is 10.9. The lowest BCUT2D eigenvalue weighted by Crippen LogP contribution is -2.26. The van der Waals surface area contributed by atoms with Gasteiger partial charge in [-0.2, -0.15) is 0 Å². The van der Waals surface area contributed by atoms with Crippen LogP contribution in [0.15, 0.2) is 0 Å². The maximum absolute atomic E-state index is 10.9. The molecule has 0 aromatic rings. The number of nitrogens with zero attached hydrogens (tertiary/aromatic N) is 1. The van der Waals surface area contributed by atoms with Crippen molar-refractivity contribution in [2.24, 2.45) is 0 Å². The van der Waals surface area contributed by atoms with Gasteiger partial charge in [0.1, 0.15) is 9.84 Å². The fourth-order valence-corrected chi connectivity index (χ4v) is 1.88. The highest BCUT2D eigenvalue weighted by Gasteiger charge is 2.06. The van der Waals surface area contributed by atoms with Gasteiger partial charge in [-0.25, -0.2) is 8.42 Å². The van der Waals surface area contributed by atoms with Gasteiger partial charge in [-0.3, -0.25) is 0 Å². The quantitative estimate of drug-likeness (QED) is 0.668. The van der Waals surface area contributed by atoms with Crippen molar-refractivity contribution < 1.29 is 13.5 Å². The van der Waals surface area contributed by atoms with Gasteiger partial charge in [0, 0.05) is 12.8 Å². The Kier molecular flexibility index (Phi) is 7.13. The molecule has 0 aromatic carbocycles. The predicted molar refractivity (Wildman–Crippen MR) is 62.7 cm³/mol. The fraction of sp³-hybridized carbons (Fsp3) is 1.00. The molecule has 0 saturated carbocycles. The van der Waals surface area contributed by atoms with Crippen molar-refractivity contribution in [2.75, 3.05) is 32.1 Å². The SMILES string of the molecule is CCC(O)CCCN(C)CCS(C)(=O)=O. The van der Waals surface area contributed by atoms with E-state index in [0.29, 0.717) is 6.54 Å². The van der Waals surface area contributed by atoms with Crippen LogP contribution < -0.4 is 0 Å². The molecule has 0 fully saturated rings. The fourth-order valence-electron chi connectivity index (χ4n) is 1.23. The molecule has 1 atom stereocenters. The Morgan fingerprint density at radius 2 is 1.93 bits per heavy atom. The normalized spacial score (nSPS) is 14.5. The molecule has 0 aromatic heterocycles. The summed E-state index contributed by atoms with van der Waals surface area (Å²) in [6.07, 6.45) is 3.53. The van der Waals surface area contributed by atoms with E-state index in [-0.39, 0.29) is 11.9 Å². The Balaban J connectivity index is 3.54. The zero-order valence-corrected chi connectivity index (χ0v) is 10.8. The lowest BCUT2D eigenvalue weighted by atomic mass is 10.1. The van der Waals surface area contributed by atoms with Crippen molar-refractivity contribution in [1.29, 1.82) is 0 Å². The van der Waals surface area contributed by atoms with E-state index < -0.39 is 9.84 Å². The van der Waals surface area contributed by atoms with Gasteiger partial charge < -0.3 is 10.0 Å². The molecular formula is C10H23NO3S. The van der Waals surface area contributed by atoms with Crippen LogP contribution in [0, 0.1) is 0 Å². The average molecular weight is 237 g/mol. The number of aliphatic hydroxyl groups is 1. The second-order valence-corrected chi connectivity index (χ2v) is 6.40. The zero-order valence-electron chi connectivity index (χ0n) is 9.94. The highest BCUT2D eigenvalue weighted by atomic mass is 32.2. The van der Waals surface area contributed by atoms with Crippen LogP contribution in [0.2, 0.25) is 0 Å². The minimum Gasteiger partial charge on any atom is -0.393 e. The van der Waals surface area contributed by atoms with Crippen LogP contribution in [0.3, 0.4) is 0 Å². The molecule has 0 aliphatic rings. The van der Waals surface area contributed by atoms with Gasteiger partial charge in [0.2, 0.25) is 0 Å². The van der Waals surface area contributed by atoms with Crippen LogP contribution in [0.4, 0.5) is 0 Å². The van der Waals surface area contributed by atoms with Crippen molar-refractivity contribution in [1.82, 2.24) is 4.90 Å². The van der Waals surface area contributed by atoms with Gasteiger partial charge in [0.15, 0.2) is 0 Å². The summed E-state index contributed by atoms with van der Waals surface area (Å²) < 4.78 is 21.8. The van der Waals surface area contributed by atoms with Gasteiger partial charge in [0.25, 0.3) is 0 Å². The number of hydrogen-bond donors (Lipinski definition) is 1. The van der Waals surface area contributed by atoms with Crippen LogP contribution in [-0.4, -0.2) is 56.7 Å². The summed E-state index contributed by atoms with van der Waals surface area (Å²) in [5.41, 5.74) is 0. The highest BCUT2D eigenvalue weighted by molar-refractivity contribution is 7.90. The molecule has 15 heavy (non-hydrogen) atoms. The number of aliphatic hydroxyl groups excluding tert-OH is 1. The molecule has 0 saturated heterocycles. The number of sulfone groups is 1. The molecule has 1 N–H and O–H groups in total. The third-order valence-electron chi connectivity index (χ3n) is 2.39. The molecule has 1 unspecified atom stereocenters. The van der Waals surface area contributed by atoms with Gasteiger partial charge in [-0.15, -0.1) is 0 Å². The molecule has 0 rings (SSSR count). The van der Waals surface area contributed by atoms with Crippen molar-refractivity contribution >= 4 is 9.84 Å². The summed E-state index contributed by atoms with van der Waals surface area (Å²) in [7, 11) is -0.950. The predicted octanol–water partition coefficient (Wildman–Crippen LogP) is 0.514. The molecular weight excluding hydrogens is 214 g/mol. The molecule has 92 valence electrons. The molecule has 4 nitrogen and oxygen atoms in total. The van der Waals surface area contributed by atoms with E-state index >= 15 is 0 Å². The average Bonchev–Trinajstić information content (AvgIpc) is 2.13. The molecule has 0 radical (unpaired) electrons. The third-order valence-corrected chi connectivity index (χ3v) is 3.32. The van der Waals surface area contributed by atoms with Crippen molar-refractivity contribution in [3.05, 3.63) is 0 Å². The number of hydrogen-bond acceptors (Lipinski definition) is 4. The first kappa shape index (κ1) is 14.9. The van der Waals surface area contributed by atoms with Gasteiger partial charge in [-0.05, 0) is 32.9 Å². The van der Waals surface area contributed by atoms with Gasteiger partial charge in [0.05, 0.1) is 11.9 Å². The summed E-state index contributed by atoms with van der Waals surface area (Å²) >= 11 is 0. The molecule has 0 aliphatic heterocycles. The molecule has 0 bridgehead atoms. The molecule has 0 spiro atoms. The van der Waals surface area contributed by atoms with E-state index in [4.69, 9.17) is 0 Å². The second-order valence-electron chi connectivity index (χ2n) is 4.14. The molecule has 5 heteroatoms. The van der Waals surface area contributed by atoms with E-state index in [9.17, 15) is 13.5 Å². The third kappa shape index (κ3) is 10.2. The largest absolute Gasteiger partial charge is 0.393 e. The molecule has 0 amide bonds.